The lowest BCUT2D eigenvalue weighted by molar-refractivity contribution is 0.0832. The Morgan fingerprint density at radius 1 is 0.913 bits per heavy atom. The molecule has 0 aliphatic rings. The molecule has 23 heavy (non-hydrogen) atoms. The predicted molar refractivity (Wildman–Crippen MR) is 87.1 cm³/mol. The molecule has 0 bridgehead atoms. The van der Waals surface area contributed by atoms with E-state index in [4.69, 9.17) is 4.42 Å². The first-order chi connectivity index (χ1) is 11.0. The molecule has 1 aromatic heterocycles. The highest BCUT2D eigenvalue weighted by molar-refractivity contribution is 6.00. The number of furan rings is 1. The zero-order chi connectivity index (χ0) is 16.4. The smallest absolute Gasteiger partial charge is 0.305 e. The van der Waals surface area contributed by atoms with Gasteiger partial charge in [0.25, 0.3) is 5.91 Å². The van der Waals surface area contributed by atoms with Gasteiger partial charge in [0, 0.05) is 10.9 Å². The molecule has 0 saturated carbocycles. The van der Waals surface area contributed by atoms with E-state index in [1.165, 1.54) is 0 Å². The van der Waals surface area contributed by atoms with Crippen molar-refractivity contribution in [3.05, 3.63) is 71.0 Å². The van der Waals surface area contributed by atoms with Gasteiger partial charge in [-0.15, -0.1) is 0 Å². The van der Waals surface area contributed by atoms with Crippen LogP contribution in [0.3, 0.4) is 0 Å². The number of rotatable bonds is 2. The molecule has 0 atom stereocenters. The van der Waals surface area contributed by atoms with E-state index in [1.54, 1.807) is 18.2 Å². The number of hydrogen-bond donors (Lipinski definition) is 2. The molecule has 0 spiro atoms. The summed E-state index contributed by atoms with van der Waals surface area (Å²) in [4.78, 5) is 24.2. The van der Waals surface area contributed by atoms with Crippen molar-refractivity contribution < 1.29 is 14.0 Å². The van der Waals surface area contributed by atoms with Crippen LogP contribution in [0.2, 0.25) is 0 Å². The van der Waals surface area contributed by atoms with Crippen LogP contribution in [0.25, 0.3) is 11.0 Å². The van der Waals surface area contributed by atoms with Crippen molar-refractivity contribution in [2.75, 3.05) is 0 Å². The number of benzene rings is 2. The first-order valence-corrected chi connectivity index (χ1v) is 7.21. The van der Waals surface area contributed by atoms with Crippen LogP contribution in [-0.2, 0) is 0 Å². The van der Waals surface area contributed by atoms with Crippen molar-refractivity contribution >= 4 is 22.8 Å². The molecule has 0 fully saturated rings. The molecule has 0 saturated heterocycles. The van der Waals surface area contributed by atoms with Gasteiger partial charge >= 0.3 is 5.91 Å². The number of nitrogens with one attached hydrogen (secondary N) is 2. The Bertz CT molecular complexity index is 863. The maximum atomic E-state index is 12.1. The van der Waals surface area contributed by atoms with E-state index in [1.807, 2.05) is 44.2 Å². The number of carbonyl (C=O) groups is 2. The normalized spacial score (nSPS) is 10.5. The maximum Gasteiger partial charge on any atom is 0.305 e. The van der Waals surface area contributed by atoms with Gasteiger partial charge in [-0.1, -0.05) is 35.9 Å². The topological polar surface area (TPSA) is 71.3 Å². The van der Waals surface area contributed by atoms with E-state index in [0.29, 0.717) is 11.1 Å². The van der Waals surface area contributed by atoms with Crippen LogP contribution in [0.1, 0.15) is 32.0 Å². The number of carbonyl (C=O) groups excluding carboxylic acids is 2. The van der Waals surface area contributed by atoms with Gasteiger partial charge < -0.3 is 4.42 Å². The fourth-order valence-corrected chi connectivity index (χ4v) is 2.40. The van der Waals surface area contributed by atoms with Gasteiger partial charge in [0.15, 0.2) is 5.76 Å². The van der Waals surface area contributed by atoms with Crippen molar-refractivity contribution in [2.24, 2.45) is 0 Å². The molecule has 2 N–H and O–H groups in total. The molecule has 2 amide bonds. The molecule has 5 heteroatoms. The van der Waals surface area contributed by atoms with Gasteiger partial charge in [0.1, 0.15) is 5.58 Å². The van der Waals surface area contributed by atoms with E-state index >= 15 is 0 Å². The van der Waals surface area contributed by atoms with E-state index in [2.05, 4.69) is 10.9 Å². The average molecular weight is 308 g/mol. The van der Waals surface area contributed by atoms with Crippen LogP contribution >= 0.6 is 0 Å². The van der Waals surface area contributed by atoms with Gasteiger partial charge in [0.05, 0.1) is 0 Å². The first kappa shape index (κ1) is 14.8. The number of aryl methyl sites for hydroxylation is 2. The van der Waals surface area contributed by atoms with Gasteiger partial charge in [-0.25, -0.2) is 0 Å². The molecule has 1 heterocycles. The minimum Gasteiger partial charge on any atom is -0.451 e. The lowest BCUT2D eigenvalue weighted by Crippen LogP contribution is -2.41. The van der Waals surface area contributed by atoms with Gasteiger partial charge in [0.2, 0.25) is 0 Å². The van der Waals surface area contributed by atoms with E-state index in [0.717, 1.165) is 16.5 Å². The molecule has 0 radical (unpaired) electrons. The van der Waals surface area contributed by atoms with E-state index in [9.17, 15) is 9.59 Å². The second kappa shape index (κ2) is 5.96. The molecule has 116 valence electrons. The number of hydrazine groups is 1. The summed E-state index contributed by atoms with van der Waals surface area (Å²) < 4.78 is 5.44. The highest BCUT2D eigenvalue weighted by Crippen LogP contribution is 2.18. The highest BCUT2D eigenvalue weighted by Gasteiger charge is 2.14. The summed E-state index contributed by atoms with van der Waals surface area (Å²) in [5.74, 6) is -0.724. The molecular weight excluding hydrogens is 292 g/mol. The lowest BCUT2D eigenvalue weighted by atomic mass is 10.1. The fourth-order valence-electron chi connectivity index (χ4n) is 2.40. The van der Waals surface area contributed by atoms with Crippen molar-refractivity contribution in [3.63, 3.8) is 0 Å². The van der Waals surface area contributed by atoms with Crippen LogP contribution in [-0.4, -0.2) is 11.8 Å². The maximum absolute atomic E-state index is 12.1. The predicted octanol–water partition coefficient (Wildman–Crippen LogP) is 3.12. The Morgan fingerprint density at radius 3 is 2.39 bits per heavy atom. The van der Waals surface area contributed by atoms with Crippen LogP contribution in [0, 0.1) is 13.8 Å². The molecule has 0 aliphatic carbocycles. The Labute approximate surface area is 133 Å². The van der Waals surface area contributed by atoms with Crippen molar-refractivity contribution in [1.82, 2.24) is 10.9 Å². The van der Waals surface area contributed by atoms with E-state index < -0.39 is 5.91 Å². The zero-order valence-electron chi connectivity index (χ0n) is 12.8. The van der Waals surface area contributed by atoms with Crippen LogP contribution in [0.5, 0.6) is 0 Å². The van der Waals surface area contributed by atoms with Gasteiger partial charge in [-0.2, -0.15) is 0 Å². The minimum atomic E-state index is -0.501. The van der Waals surface area contributed by atoms with Crippen LogP contribution in [0.15, 0.2) is 52.9 Å². The molecule has 0 aliphatic heterocycles. The summed E-state index contributed by atoms with van der Waals surface area (Å²) in [6.07, 6.45) is 0. The molecule has 5 nitrogen and oxygen atoms in total. The molecule has 2 aromatic carbocycles. The summed E-state index contributed by atoms with van der Waals surface area (Å²) in [6.45, 7) is 3.81. The second-order valence-corrected chi connectivity index (χ2v) is 5.38. The summed E-state index contributed by atoms with van der Waals surface area (Å²) in [7, 11) is 0. The first-order valence-electron chi connectivity index (χ1n) is 7.21. The summed E-state index contributed by atoms with van der Waals surface area (Å²) in [5, 5.41) is 0.832. The van der Waals surface area contributed by atoms with Crippen LogP contribution in [0.4, 0.5) is 0 Å². The number of amides is 2. The summed E-state index contributed by atoms with van der Waals surface area (Å²) >= 11 is 0. The third kappa shape index (κ3) is 3.08. The zero-order valence-corrected chi connectivity index (χ0v) is 12.8. The third-order valence-electron chi connectivity index (χ3n) is 3.57. The van der Waals surface area contributed by atoms with Crippen molar-refractivity contribution in [3.8, 4) is 0 Å². The largest absolute Gasteiger partial charge is 0.451 e. The Hall–Kier alpha value is -3.08. The standard InChI is InChI=1S/C18H16N2O3/c1-11-7-8-14(12(2)9-11)17(21)19-20-18(22)16-10-13-5-3-4-6-15(13)23-16/h3-10H,1-2H3,(H,19,21)(H,20,22). The van der Waals surface area contributed by atoms with Crippen LogP contribution < -0.4 is 10.9 Å². The molecule has 3 aromatic rings. The Morgan fingerprint density at radius 2 is 1.65 bits per heavy atom. The highest BCUT2D eigenvalue weighted by atomic mass is 16.3. The van der Waals surface area contributed by atoms with E-state index in [-0.39, 0.29) is 11.7 Å². The second-order valence-electron chi connectivity index (χ2n) is 5.38. The average Bonchev–Trinajstić information content (AvgIpc) is 2.96. The molecule has 0 unspecified atom stereocenters. The number of para-hydroxylation sites is 1. The van der Waals surface area contributed by atoms with Crippen molar-refractivity contribution in [2.45, 2.75) is 13.8 Å². The SMILES string of the molecule is Cc1ccc(C(=O)NNC(=O)c2cc3ccccc3o2)c(C)c1. The Balaban J connectivity index is 1.69. The molecular formula is C18H16N2O3. The summed E-state index contributed by atoms with van der Waals surface area (Å²) in [6, 6.07) is 14.4. The third-order valence-corrected chi connectivity index (χ3v) is 3.57. The van der Waals surface area contributed by atoms with Gasteiger partial charge in [-0.05, 0) is 37.6 Å². The fraction of sp³-hybridized carbons (Fsp3) is 0.111. The quantitative estimate of drug-likeness (QED) is 0.715. The summed E-state index contributed by atoms with van der Waals surface area (Å²) in [5.41, 5.74) is 7.83. The number of hydrogen-bond acceptors (Lipinski definition) is 3. The lowest BCUT2D eigenvalue weighted by Gasteiger charge is -2.08. The monoisotopic (exact) mass is 308 g/mol. The minimum absolute atomic E-state index is 0.145. The van der Waals surface area contributed by atoms with Crippen molar-refractivity contribution in [1.29, 1.82) is 0 Å². The van der Waals surface area contributed by atoms with Gasteiger partial charge in [-0.3, -0.25) is 20.4 Å². The Kier molecular flexibility index (Phi) is 3.85. The number of fused-ring (bicyclic) bond motifs is 1. The molecule has 3 rings (SSSR count).